The highest BCUT2D eigenvalue weighted by Gasteiger charge is 2.22. The summed E-state index contributed by atoms with van der Waals surface area (Å²) < 4.78 is 5.07. The fourth-order valence-corrected chi connectivity index (χ4v) is 2.60. The second kappa shape index (κ2) is 8.04. The fraction of sp³-hybridized carbons (Fsp3) is 1.00. The molecule has 3 heteroatoms. The van der Waals surface area contributed by atoms with Gasteiger partial charge in [0.15, 0.2) is 0 Å². The molecule has 1 fully saturated rings. The molecule has 1 saturated carbocycles. The largest absolute Gasteiger partial charge is 0.385 e. The molecule has 0 aromatic carbocycles. The number of nitrogens with one attached hydrogen (secondary N) is 1. The van der Waals surface area contributed by atoms with E-state index in [1.54, 1.807) is 7.11 Å². The van der Waals surface area contributed by atoms with Crippen LogP contribution in [0.5, 0.6) is 0 Å². The van der Waals surface area contributed by atoms with Crippen LogP contribution in [0, 0.1) is 0 Å². The molecule has 1 aliphatic rings. The van der Waals surface area contributed by atoms with Gasteiger partial charge in [-0.05, 0) is 59.2 Å². The van der Waals surface area contributed by atoms with Crippen LogP contribution in [0.2, 0.25) is 0 Å². The second-order valence-electron chi connectivity index (χ2n) is 4.97. The summed E-state index contributed by atoms with van der Waals surface area (Å²) in [6, 6.07) is 1.57. The van der Waals surface area contributed by atoms with Gasteiger partial charge in [0.25, 0.3) is 0 Å². The Bertz CT molecular complexity index is 167. The van der Waals surface area contributed by atoms with Crippen LogP contribution in [-0.4, -0.2) is 51.3 Å². The molecule has 0 radical (unpaired) electrons. The van der Waals surface area contributed by atoms with Gasteiger partial charge in [-0.1, -0.05) is 0 Å². The first-order valence-corrected chi connectivity index (χ1v) is 6.64. The van der Waals surface area contributed by atoms with Crippen molar-refractivity contribution in [2.24, 2.45) is 0 Å². The molecule has 1 N–H and O–H groups in total. The molecule has 0 heterocycles. The number of hydrogen-bond acceptors (Lipinski definition) is 3. The van der Waals surface area contributed by atoms with Crippen LogP contribution in [0.3, 0.4) is 0 Å². The van der Waals surface area contributed by atoms with Gasteiger partial charge in [-0.3, -0.25) is 0 Å². The molecule has 96 valence electrons. The number of unbranched alkanes of at least 4 members (excludes halogenated alkanes) is 1. The first-order chi connectivity index (χ1) is 7.77. The van der Waals surface area contributed by atoms with Crippen molar-refractivity contribution in [3.63, 3.8) is 0 Å². The molecule has 0 aromatic heterocycles. The quantitative estimate of drug-likeness (QED) is 0.673. The van der Waals surface area contributed by atoms with Crippen LogP contribution in [0.4, 0.5) is 0 Å². The minimum absolute atomic E-state index is 0.762. The lowest BCUT2D eigenvalue weighted by molar-refractivity contribution is 0.158. The van der Waals surface area contributed by atoms with Crippen molar-refractivity contribution in [2.45, 2.75) is 50.6 Å². The molecule has 0 aliphatic heterocycles. The summed E-state index contributed by atoms with van der Waals surface area (Å²) in [5, 5.41) is 3.39. The normalized spacial score (nSPS) is 26.2. The maximum absolute atomic E-state index is 5.07. The smallest absolute Gasteiger partial charge is 0.0462 e. The molecule has 0 atom stereocenters. The highest BCUT2D eigenvalue weighted by atomic mass is 16.5. The van der Waals surface area contributed by atoms with Gasteiger partial charge in [-0.2, -0.15) is 0 Å². The van der Waals surface area contributed by atoms with Gasteiger partial charge in [0.05, 0.1) is 0 Å². The minimum Gasteiger partial charge on any atom is -0.385 e. The molecular formula is C13H28N2O. The Morgan fingerprint density at radius 1 is 1.19 bits per heavy atom. The zero-order valence-electron chi connectivity index (χ0n) is 11.2. The molecule has 1 aliphatic carbocycles. The minimum atomic E-state index is 0.762. The van der Waals surface area contributed by atoms with Crippen molar-refractivity contribution >= 4 is 0 Å². The monoisotopic (exact) mass is 228 g/mol. The molecule has 1 rings (SSSR count). The van der Waals surface area contributed by atoms with Gasteiger partial charge >= 0.3 is 0 Å². The fourth-order valence-electron chi connectivity index (χ4n) is 2.60. The van der Waals surface area contributed by atoms with Crippen molar-refractivity contribution < 1.29 is 4.74 Å². The van der Waals surface area contributed by atoms with E-state index in [0.717, 1.165) is 18.7 Å². The third-order valence-corrected chi connectivity index (χ3v) is 3.84. The average molecular weight is 228 g/mol. The number of nitrogens with zero attached hydrogens (tertiary/aromatic N) is 1. The van der Waals surface area contributed by atoms with E-state index in [4.69, 9.17) is 4.74 Å². The van der Waals surface area contributed by atoms with E-state index < -0.39 is 0 Å². The van der Waals surface area contributed by atoms with E-state index in [2.05, 4.69) is 24.3 Å². The van der Waals surface area contributed by atoms with Crippen molar-refractivity contribution in [1.82, 2.24) is 10.2 Å². The van der Waals surface area contributed by atoms with Crippen molar-refractivity contribution in [3.05, 3.63) is 0 Å². The van der Waals surface area contributed by atoms with Gasteiger partial charge in [0, 0.05) is 25.8 Å². The number of ether oxygens (including phenoxy) is 1. The Labute approximate surface area is 101 Å². The van der Waals surface area contributed by atoms with Crippen LogP contribution in [0.15, 0.2) is 0 Å². The van der Waals surface area contributed by atoms with Gasteiger partial charge in [-0.15, -0.1) is 0 Å². The summed E-state index contributed by atoms with van der Waals surface area (Å²) in [4.78, 5) is 2.54. The Kier molecular flexibility index (Phi) is 7.01. The van der Waals surface area contributed by atoms with Crippen LogP contribution in [0.1, 0.15) is 38.5 Å². The predicted molar refractivity (Wildman–Crippen MR) is 68.8 cm³/mol. The molecular weight excluding hydrogens is 200 g/mol. The summed E-state index contributed by atoms with van der Waals surface area (Å²) in [5.74, 6) is 0. The lowest BCUT2D eigenvalue weighted by Gasteiger charge is -2.34. The van der Waals surface area contributed by atoms with Crippen molar-refractivity contribution in [1.29, 1.82) is 0 Å². The SMILES string of the molecule is CNC1CCC(N(C)CCCCOC)CC1. The molecule has 0 unspecified atom stereocenters. The standard InChI is InChI=1S/C13H28N2O/c1-14-12-6-8-13(9-7-12)15(2)10-4-5-11-16-3/h12-14H,4-11H2,1-3H3. The predicted octanol–water partition coefficient (Wildman–Crippen LogP) is 1.88. The summed E-state index contributed by atoms with van der Waals surface area (Å²) in [6.45, 7) is 2.12. The third-order valence-electron chi connectivity index (χ3n) is 3.84. The van der Waals surface area contributed by atoms with Crippen molar-refractivity contribution in [2.75, 3.05) is 34.4 Å². The highest BCUT2D eigenvalue weighted by Crippen LogP contribution is 2.22. The average Bonchev–Trinajstić information content (AvgIpc) is 2.34. The summed E-state index contributed by atoms with van der Waals surface area (Å²) >= 11 is 0. The maximum Gasteiger partial charge on any atom is 0.0462 e. The first kappa shape index (κ1) is 13.9. The molecule has 3 nitrogen and oxygen atoms in total. The number of methoxy groups -OCH3 is 1. The Morgan fingerprint density at radius 2 is 1.88 bits per heavy atom. The second-order valence-corrected chi connectivity index (χ2v) is 4.97. The van der Waals surface area contributed by atoms with Crippen molar-refractivity contribution in [3.8, 4) is 0 Å². The van der Waals surface area contributed by atoms with E-state index in [0.29, 0.717) is 0 Å². The van der Waals surface area contributed by atoms with Gasteiger partial charge in [0.2, 0.25) is 0 Å². The zero-order chi connectivity index (χ0) is 11.8. The molecule has 0 saturated heterocycles. The molecule has 0 spiro atoms. The van der Waals surface area contributed by atoms with Gasteiger partial charge < -0.3 is 15.0 Å². The Hall–Kier alpha value is -0.120. The lowest BCUT2D eigenvalue weighted by atomic mass is 9.90. The lowest BCUT2D eigenvalue weighted by Crippen LogP contribution is -2.40. The topological polar surface area (TPSA) is 24.5 Å². The van der Waals surface area contributed by atoms with E-state index in [1.807, 2.05) is 0 Å². The van der Waals surface area contributed by atoms with Gasteiger partial charge in [-0.25, -0.2) is 0 Å². The highest BCUT2D eigenvalue weighted by molar-refractivity contribution is 4.80. The van der Waals surface area contributed by atoms with Crippen LogP contribution in [0.25, 0.3) is 0 Å². The van der Waals surface area contributed by atoms with E-state index in [9.17, 15) is 0 Å². The van der Waals surface area contributed by atoms with Gasteiger partial charge in [0.1, 0.15) is 0 Å². The summed E-state index contributed by atoms with van der Waals surface area (Å²) in [5.41, 5.74) is 0. The van der Waals surface area contributed by atoms with E-state index >= 15 is 0 Å². The van der Waals surface area contributed by atoms with E-state index in [1.165, 1.54) is 45.1 Å². The Balaban J connectivity index is 2.10. The number of rotatable bonds is 7. The first-order valence-electron chi connectivity index (χ1n) is 6.64. The maximum atomic E-state index is 5.07. The summed E-state index contributed by atoms with van der Waals surface area (Å²) in [7, 11) is 6.14. The number of hydrogen-bond donors (Lipinski definition) is 1. The van der Waals surface area contributed by atoms with Crippen LogP contribution >= 0.6 is 0 Å². The van der Waals surface area contributed by atoms with Crippen LogP contribution < -0.4 is 5.32 Å². The zero-order valence-corrected chi connectivity index (χ0v) is 11.2. The van der Waals surface area contributed by atoms with Crippen LogP contribution in [-0.2, 0) is 4.74 Å². The molecule has 0 bridgehead atoms. The summed E-state index contributed by atoms with van der Waals surface area (Å²) in [6.07, 6.45) is 7.83. The van der Waals surface area contributed by atoms with E-state index in [-0.39, 0.29) is 0 Å². The molecule has 16 heavy (non-hydrogen) atoms. The third kappa shape index (κ3) is 4.81. The Morgan fingerprint density at radius 3 is 2.44 bits per heavy atom. The molecule has 0 aromatic rings. The molecule has 0 amide bonds.